The summed E-state index contributed by atoms with van der Waals surface area (Å²) in [5, 5.41) is 10.6. The summed E-state index contributed by atoms with van der Waals surface area (Å²) in [5.41, 5.74) is 2.15. The van der Waals surface area contributed by atoms with E-state index in [0.29, 0.717) is 6.42 Å². The molecule has 25 heavy (non-hydrogen) atoms. The molecule has 1 aliphatic heterocycles. The van der Waals surface area contributed by atoms with E-state index >= 15 is 0 Å². The van der Waals surface area contributed by atoms with Gasteiger partial charge in [-0.25, -0.2) is 4.79 Å². The molecule has 0 spiro atoms. The molecule has 2 aromatic rings. The largest absolute Gasteiger partial charge is 0.460 e. The Labute approximate surface area is 147 Å². The van der Waals surface area contributed by atoms with Crippen molar-refractivity contribution in [3.05, 3.63) is 83.6 Å². The van der Waals surface area contributed by atoms with Gasteiger partial charge in [-0.15, -0.1) is 0 Å². The minimum absolute atomic E-state index is 0.0764. The molecule has 3 atom stereocenters. The van der Waals surface area contributed by atoms with Crippen LogP contribution in [0.5, 0.6) is 0 Å². The van der Waals surface area contributed by atoms with Crippen molar-refractivity contribution in [1.82, 2.24) is 0 Å². The Kier molecular flexibility index (Phi) is 5.51. The van der Waals surface area contributed by atoms with Crippen molar-refractivity contribution >= 4 is 5.97 Å². The summed E-state index contributed by atoms with van der Waals surface area (Å²) < 4.78 is 10.5. The van der Waals surface area contributed by atoms with E-state index in [0.717, 1.165) is 11.1 Å². The van der Waals surface area contributed by atoms with Gasteiger partial charge in [-0.1, -0.05) is 60.7 Å². The average Bonchev–Trinajstić information content (AvgIpc) is 2.65. The van der Waals surface area contributed by atoms with Crippen molar-refractivity contribution in [1.29, 1.82) is 0 Å². The van der Waals surface area contributed by atoms with Gasteiger partial charge in [0.05, 0.1) is 6.61 Å². The Morgan fingerprint density at radius 1 is 1.08 bits per heavy atom. The van der Waals surface area contributed by atoms with Crippen LogP contribution in [0.15, 0.2) is 72.5 Å². The van der Waals surface area contributed by atoms with Crippen LogP contribution in [0.25, 0.3) is 0 Å². The number of ether oxygens (including phenoxy) is 2. The second kappa shape index (κ2) is 7.99. The second-order valence-corrected chi connectivity index (χ2v) is 6.05. The third-order valence-electron chi connectivity index (χ3n) is 4.38. The summed E-state index contributed by atoms with van der Waals surface area (Å²) >= 11 is 0. The molecule has 0 fully saturated rings. The summed E-state index contributed by atoms with van der Waals surface area (Å²) in [6.45, 7) is 2.00. The van der Waals surface area contributed by atoms with Crippen LogP contribution in [0.2, 0.25) is 0 Å². The normalized spacial score (nSPS) is 22.6. The van der Waals surface area contributed by atoms with Crippen LogP contribution in [0.1, 0.15) is 24.0 Å². The lowest BCUT2D eigenvalue weighted by Gasteiger charge is -2.34. The molecule has 0 saturated heterocycles. The third-order valence-corrected chi connectivity index (χ3v) is 4.38. The fourth-order valence-corrected chi connectivity index (χ4v) is 3.17. The highest BCUT2D eigenvalue weighted by atomic mass is 16.6. The van der Waals surface area contributed by atoms with Crippen LogP contribution in [0.4, 0.5) is 0 Å². The van der Waals surface area contributed by atoms with E-state index in [1.165, 1.54) is 0 Å². The number of aliphatic hydroxyl groups is 1. The molecular weight excluding hydrogens is 316 g/mol. The van der Waals surface area contributed by atoms with Crippen LogP contribution in [0.3, 0.4) is 0 Å². The predicted molar refractivity (Wildman–Crippen MR) is 94.6 cm³/mol. The first-order chi connectivity index (χ1) is 12.2. The summed E-state index contributed by atoms with van der Waals surface area (Å²) in [4.78, 5) is 12.1. The van der Waals surface area contributed by atoms with Crippen LogP contribution >= 0.6 is 0 Å². The molecule has 1 aliphatic rings. The summed E-state index contributed by atoms with van der Waals surface area (Å²) in [6.07, 6.45) is 1.34. The first-order valence-corrected chi connectivity index (χ1v) is 8.51. The fraction of sp³-hybridized carbons (Fsp3) is 0.286. The van der Waals surface area contributed by atoms with E-state index in [4.69, 9.17) is 9.47 Å². The molecule has 1 N–H and O–H groups in total. The monoisotopic (exact) mass is 338 g/mol. The first kappa shape index (κ1) is 17.2. The number of rotatable bonds is 5. The Bertz CT molecular complexity index is 724. The topological polar surface area (TPSA) is 55.8 Å². The minimum Gasteiger partial charge on any atom is -0.460 e. The number of hydrogen-bond donors (Lipinski definition) is 1. The lowest BCUT2D eigenvalue weighted by molar-refractivity contribution is -0.159. The van der Waals surface area contributed by atoms with Crippen molar-refractivity contribution in [2.75, 3.05) is 6.61 Å². The minimum atomic E-state index is -1.07. The molecule has 0 radical (unpaired) electrons. The van der Waals surface area contributed by atoms with Gasteiger partial charge in [-0.3, -0.25) is 0 Å². The van der Waals surface area contributed by atoms with Gasteiger partial charge in [0.2, 0.25) is 12.0 Å². The fourth-order valence-electron chi connectivity index (χ4n) is 3.17. The zero-order valence-electron chi connectivity index (χ0n) is 14.2. The molecule has 3 rings (SSSR count). The van der Waals surface area contributed by atoms with Crippen LogP contribution in [0, 0.1) is 5.92 Å². The van der Waals surface area contributed by atoms with Crippen molar-refractivity contribution in [2.24, 2.45) is 5.92 Å². The lowest BCUT2D eigenvalue weighted by Crippen LogP contribution is -2.35. The zero-order chi connectivity index (χ0) is 17.6. The maximum atomic E-state index is 12.1. The van der Waals surface area contributed by atoms with E-state index in [-0.39, 0.29) is 24.2 Å². The van der Waals surface area contributed by atoms with E-state index in [1.807, 2.05) is 60.7 Å². The quantitative estimate of drug-likeness (QED) is 0.849. The Balaban J connectivity index is 1.94. The van der Waals surface area contributed by atoms with Gasteiger partial charge in [0.15, 0.2) is 0 Å². The summed E-state index contributed by atoms with van der Waals surface area (Å²) in [6, 6.07) is 19.8. The number of esters is 1. The highest BCUT2D eigenvalue weighted by molar-refractivity contribution is 5.86. The van der Waals surface area contributed by atoms with Gasteiger partial charge >= 0.3 is 5.97 Å². The van der Waals surface area contributed by atoms with Crippen molar-refractivity contribution in [3.8, 4) is 0 Å². The predicted octanol–water partition coefficient (Wildman–Crippen LogP) is 3.42. The summed E-state index contributed by atoms with van der Waals surface area (Å²) in [5.74, 6) is -0.791. The number of benzene rings is 2. The molecule has 0 amide bonds. The standard InChI is InChI=1S/C21H22O4/c1-2-24-21(23)19-14-17(16-11-7-4-8-12-16)18(20(22)25-19)13-15-9-5-3-6-10-15/h3-12,14,17-18,20,22H,2,13H2,1H3/t17-,18-,20?/m1/s1. The summed E-state index contributed by atoms with van der Waals surface area (Å²) in [7, 11) is 0. The van der Waals surface area contributed by atoms with Crippen molar-refractivity contribution in [2.45, 2.75) is 25.6 Å². The average molecular weight is 338 g/mol. The highest BCUT2D eigenvalue weighted by Crippen LogP contribution is 2.37. The van der Waals surface area contributed by atoms with Gasteiger partial charge in [-0.05, 0) is 30.5 Å². The molecule has 2 aromatic carbocycles. The number of hydrogen-bond acceptors (Lipinski definition) is 4. The Morgan fingerprint density at radius 2 is 1.72 bits per heavy atom. The molecule has 4 heteroatoms. The second-order valence-electron chi connectivity index (χ2n) is 6.05. The molecular formula is C21H22O4. The number of aliphatic hydroxyl groups excluding tert-OH is 1. The van der Waals surface area contributed by atoms with Crippen LogP contribution in [-0.2, 0) is 20.7 Å². The maximum absolute atomic E-state index is 12.1. The van der Waals surface area contributed by atoms with E-state index < -0.39 is 12.3 Å². The third kappa shape index (κ3) is 4.09. The molecule has 0 aromatic heterocycles. The smallest absolute Gasteiger partial charge is 0.373 e. The van der Waals surface area contributed by atoms with Gasteiger partial charge in [0.25, 0.3) is 0 Å². The molecule has 1 unspecified atom stereocenters. The van der Waals surface area contributed by atoms with Crippen molar-refractivity contribution < 1.29 is 19.4 Å². The van der Waals surface area contributed by atoms with E-state index in [2.05, 4.69) is 0 Å². The van der Waals surface area contributed by atoms with Gasteiger partial charge in [0, 0.05) is 11.8 Å². The van der Waals surface area contributed by atoms with Gasteiger partial charge in [-0.2, -0.15) is 0 Å². The number of carbonyl (C=O) groups is 1. The molecule has 4 nitrogen and oxygen atoms in total. The Hall–Kier alpha value is -2.59. The molecule has 1 heterocycles. The molecule has 0 bridgehead atoms. The van der Waals surface area contributed by atoms with Crippen LogP contribution in [-0.4, -0.2) is 24.0 Å². The van der Waals surface area contributed by atoms with Gasteiger partial charge < -0.3 is 14.6 Å². The highest BCUT2D eigenvalue weighted by Gasteiger charge is 2.37. The zero-order valence-corrected chi connectivity index (χ0v) is 14.2. The van der Waals surface area contributed by atoms with Crippen LogP contribution < -0.4 is 0 Å². The molecule has 130 valence electrons. The van der Waals surface area contributed by atoms with Crippen molar-refractivity contribution in [3.63, 3.8) is 0 Å². The first-order valence-electron chi connectivity index (χ1n) is 8.51. The molecule has 0 saturated carbocycles. The maximum Gasteiger partial charge on any atom is 0.373 e. The molecule has 0 aliphatic carbocycles. The Morgan fingerprint density at radius 3 is 2.36 bits per heavy atom. The van der Waals surface area contributed by atoms with Gasteiger partial charge in [0.1, 0.15) is 0 Å². The SMILES string of the molecule is CCOC(=O)C1=C[C@H](c2ccccc2)[C@@H](Cc2ccccc2)C(O)O1. The number of carbonyl (C=O) groups excluding carboxylic acids is 1. The van der Waals surface area contributed by atoms with E-state index in [9.17, 15) is 9.90 Å². The lowest BCUT2D eigenvalue weighted by atomic mass is 9.80. The van der Waals surface area contributed by atoms with E-state index in [1.54, 1.807) is 13.0 Å². The number of allylic oxidation sites excluding steroid dienone is 1.